The summed E-state index contributed by atoms with van der Waals surface area (Å²) in [7, 11) is 1.66. The van der Waals surface area contributed by atoms with Crippen LogP contribution < -0.4 is 10.1 Å². The minimum Gasteiger partial charge on any atom is -0.497 e. The van der Waals surface area contributed by atoms with Gasteiger partial charge in [0.25, 0.3) is 0 Å². The Balaban J connectivity index is 1.38. The van der Waals surface area contributed by atoms with Crippen molar-refractivity contribution in [1.82, 2.24) is 19.9 Å². The van der Waals surface area contributed by atoms with Gasteiger partial charge in [-0.25, -0.2) is 4.98 Å². The van der Waals surface area contributed by atoms with Gasteiger partial charge in [-0.15, -0.1) is 0 Å². The molecular weight excluding hydrogens is 424 g/mol. The molecule has 2 aromatic carbocycles. The van der Waals surface area contributed by atoms with E-state index in [-0.39, 0.29) is 18.5 Å². The van der Waals surface area contributed by atoms with Gasteiger partial charge < -0.3 is 19.6 Å². The number of nitrogens with one attached hydrogen (secondary N) is 2. The summed E-state index contributed by atoms with van der Waals surface area (Å²) in [5.41, 5.74) is 5.08. The molecule has 6 heteroatoms. The number of amides is 1. The van der Waals surface area contributed by atoms with Crippen LogP contribution in [0, 0.1) is 0 Å². The highest BCUT2D eigenvalue weighted by Crippen LogP contribution is 2.34. The lowest BCUT2D eigenvalue weighted by atomic mass is 10.1. The van der Waals surface area contributed by atoms with Crippen molar-refractivity contribution in [2.24, 2.45) is 0 Å². The highest BCUT2D eigenvalue weighted by Gasteiger charge is 2.16. The summed E-state index contributed by atoms with van der Waals surface area (Å²) in [5, 5.41) is 5.23. The molecule has 6 nitrogen and oxygen atoms in total. The lowest BCUT2D eigenvalue weighted by molar-refractivity contribution is -0.122. The van der Waals surface area contributed by atoms with Crippen molar-refractivity contribution in [2.45, 2.75) is 32.4 Å². The SMILES string of the molecule is COc1ccc2c(c1)c(-c1cc3cccnc3[nH]1)cn2CC(=O)NC(C)CCc1ccccc1. The van der Waals surface area contributed by atoms with Gasteiger partial charge in [-0.3, -0.25) is 4.79 Å². The van der Waals surface area contributed by atoms with Crippen LogP contribution in [-0.2, 0) is 17.8 Å². The molecule has 5 rings (SSSR count). The van der Waals surface area contributed by atoms with E-state index in [0.29, 0.717) is 0 Å². The summed E-state index contributed by atoms with van der Waals surface area (Å²) in [6.07, 6.45) is 5.64. The zero-order valence-corrected chi connectivity index (χ0v) is 19.4. The van der Waals surface area contributed by atoms with Gasteiger partial charge in [0.1, 0.15) is 17.9 Å². The molecule has 0 radical (unpaired) electrons. The first-order chi connectivity index (χ1) is 16.6. The molecule has 0 aliphatic heterocycles. The second-order valence-electron chi connectivity index (χ2n) is 8.67. The van der Waals surface area contributed by atoms with Crippen molar-refractivity contribution in [3.8, 4) is 17.0 Å². The zero-order valence-electron chi connectivity index (χ0n) is 19.4. The van der Waals surface area contributed by atoms with Gasteiger partial charge in [-0.1, -0.05) is 30.3 Å². The fourth-order valence-corrected chi connectivity index (χ4v) is 4.43. The van der Waals surface area contributed by atoms with Gasteiger partial charge in [-0.05, 0) is 61.7 Å². The average Bonchev–Trinajstić information content (AvgIpc) is 3.44. The number of methoxy groups -OCH3 is 1. The Labute approximate surface area is 198 Å². The third-order valence-electron chi connectivity index (χ3n) is 6.20. The van der Waals surface area contributed by atoms with E-state index in [9.17, 15) is 4.79 Å². The number of pyridine rings is 1. The molecule has 1 unspecified atom stereocenters. The fraction of sp³-hybridized carbons (Fsp3) is 0.214. The maximum atomic E-state index is 12.9. The van der Waals surface area contributed by atoms with Gasteiger partial charge in [-0.2, -0.15) is 0 Å². The summed E-state index contributed by atoms with van der Waals surface area (Å²) < 4.78 is 7.47. The molecule has 3 aromatic heterocycles. The first kappa shape index (κ1) is 21.8. The van der Waals surface area contributed by atoms with Crippen LogP contribution in [-0.4, -0.2) is 33.6 Å². The van der Waals surface area contributed by atoms with Crippen LogP contribution in [0.15, 0.2) is 79.1 Å². The molecule has 0 fully saturated rings. The largest absolute Gasteiger partial charge is 0.497 e. The van der Waals surface area contributed by atoms with Crippen molar-refractivity contribution in [1.29, 1.82) is 0 Å². The van der Waals surface area contributed by atoms with Crippen LogP contribution in [0.2, 0.25) is 0 Å². The van der Waals surface area contributed by atoms with Crippen LogP contribution in [0.4, 0.5) is 0 Å². The van der Waals surface area contributed by atoms with E-state index in [1.807, 2.05) is 59.3 Å². The number of benzene rings is 2. The molecule has 172 valence electrons. The lowest BCUT2D eigenvalue weighted by Gasteiger charge is -2.14. The van der Waals surface area contributed by atoms with Gasteiger partial charge >= 0.3 is 0 Å². The summed E-state index contributed by atoms with van der Waals surface area (Å²) in [6, 6.07) is 22.4. The third-order valence-corrected chi connectivity index (χ3v) is 6.20. The minimum atomic E-state index is -0.00172. The topological polar surface area (TPSA) is 71.9 Å². The Kier molecular flexibility index (Phi) is 6.04. The lowest BCUT2D eigenvalue weighted by Crippen LogP contribution is -2.35. The molecule has 0 aliphatic rings. The Morgan fingerprint density at radius 2 is 1.97 bits per heavy atom. The number of hydrogen-bond donors (Lipinski definition) is 2. The highest BCUT2D eigenvalue weighted by molar-refractivity contribution is 5.99. The number of hydrogen-bond acceptors (Lipinski definition) is 3. The van der Waals surface area contributed by atoms with Gasteiger partial charge in [0, 0.05) is 46.0 Å². The summed E-state index contributed by atoms with van der Waals surface area (Å²) >= 11 is 0. The van der Waals surface area contributed by atoms with E-state index in [1.165, 1.54) is 5.56 Å². The Morgan fingerprint density at radius 1 is 1.12 bits per heavy atom. The number of nitrogens with zero attached hydrogens (tertiary/aromatic N) is 2. The molecule has 3 heterocycles. The van der Waals surface area contributed by atoms with Crippen molar-refractivity contribution in [3.63, 3.8) is 0 Å². The average molecular weight is 453 g/mol. The van der Waals surface area contributed by atoms with Crippen LogP contribution in [0.25, 0.3) is 33.2 Å². The molecule has 1 amide bonds. The maximum Gasteiger partial charge on any atom is 0.240 e. The Bertz CT molecular complexity index is 1400. The number of aryl methyl sites for hydroxylation is 1. The van der Waals surface area contributed by atoms with Crippen LogP contribution in [0.1, 0.15) is 18.9 Å². The number of fused-ring (bicyclic) bond motifs is 2. The van der Waals surface area contributed by atoms with E-state index in [1.54, 1.807) is 13.3 Å². The van der Waals surface area contributed by atoms with Crippen molar-refractivity contribution in [3.05, 3.63) is 84.7 Å². The minimum absolute atomic E-state index is 0.00172. The number of H-pyrrole nitrogens is 1. The monoisotopic (exact) mass is 452 g/mol. The number of rotatable bonds is 8. The summed E-state index contributed by atoms with van der Waals surface area (Å²) in [6.45, 7) is 2.30. The van der Waals surface area contributed by atoms with Gasteiger partial charge in [0.2, 0.25) is 5.91 Å². The molecule has 0 saturated carbocycles. The molecule has 0 saturated heterocycles. The standard InChI is InChI=1S/C28H28N4O2/c1-19(10-11-20-7-4-3-5-8-20)30-27(33)18-32-17-24(23-16-22(34-2)12-13-26(23)32)25-15-21-9-6-14-29-28(21)31-25/h3-9,12-17,19H,10-11,18H2,1-2H3,(H,29,31)(H,30,33). The fourth-order valence-electron chi connectivity index (χ4n) is 4.43. The van der Waals surface area contributed by atoms with Crippen LogP contribution >= 0.6 is 0 Å². The van der Waals surface area contributed by atoms with Crippen LogP contribution in [0.5, 0.6) is 5.75 Å². The molecule has 0 spiro atoms. The van der Waals surface area contributed by atoms with Crippen molar-refractivity contribution >= 4 is 27.8 Å². The third kappa shape index (κ3) is 4.53. The number of aromatic amines is 1. The second kappa shape index (κ2) is 9.43. The quantitative estimate of drug-likeness (QED) is 0.334. The summed E-state index contributed by atoms with van der Waals surface area (Å²) in [4.78, 5) is 20.7. The van der Waals surface area contributed by atoms with E-state index >= 15 is 0 Å². The first-order valence-electron chi connectivity index (χ1n) is 11.5. The number of ether oxygens (including phenoxy) is 1. The molecular formula is C28H28N4O2. The molecule has 0 bridgehead atoms. The van der Waals surface area contributed by atoms with E-state index in [0.717, 1.165) is 51.8 Å². The molecule has 34 heavy (non-hydrogen) atoms. The predicted molar refractivity (Wildman–Crippen MR) is 136 cm³/mol. The first-order valence-corrected chi connectivity index (χ1v) is 11.5. The Morgan fingerprint density at radius 3 is 2.76 bits per heavy atom. The normalized spacial score (nSPS) is 12.2. The Hall–Kier alpha value is -4.06. The smallest absolute Gasteiger partial charge is 0.240 e. The zero-order chi connectivity index (χ0) is 23.5. The van der Waals surface area contributed by atoms with Crippen molar-refractivity contribution in [2.75, 3.05) is 7.11 Å². The molecule has 2 N–H and O–H groups in total. The molecule has 0 aliphatic carbocycles. The van der Waals surface area contributed by atoms with Gasteiger partial charge in [0.05, 0.1) is 7.11 Å². The number of aromatic nitrogens is 3. The van der Waals surface area contributed by atoms with Crippen LogP contribution in [0.3, 0.4) is 0 Å². The van der Waals surface area contributed by atoms with E-state index in [2.05, 4.69) is 40.4 Å². The summed E-state index contributed by atoms with van der Waals surface area (Å²) in [5.74, 6) is 0.776. The number of carbonyl (C=O) groups is 1. The maximum absolute atomic E-state index is 12.9. The molecule has 5 aromatic rings. The van der Waals surface area contributed by atoms with Crippen molar-refractivity contribution < 1.29 is 9.53 Å². The van der Waals surface area contributed by atoms with Gasteiger partial charge in [0.15, 0.2) is 0 Å². The van der Waals surface area contributed by atoms with E-state index in [4.69, 9.17) is 4.74 Å². The highest BCUT2D eigenvalue weighted by atomic mass is 16.5. The second-order valence-corrected chi connectivity index (χ2v) is 8.67. The number of carbonyl (C=O) groups excluding carboxylic acids is 1. The molecule has 1 atom stereocenters. The van der Waals surface area contributed by atoms with E-state index < -0.39 is 0 Å². The predicted octanol–water partition coefficient (Wildman–Crippen LogP) is 5.33.